The van der Waals surface area contributed by atoms with E-state index in [0.29, 0.717) is 32.7 Å². The summed E-state index contributed by atoms with van der Waals surface area (Å²) < 4.78 is 10.0. The molecule has 2 unspecified atom stereocenters. The smallest absolute Gasteiger partial charge is 0.320 e. The third kappa shape index (κ3) is 3.84. The van der Waals surface area contributed by atoms with Gasteiger partial charge in [-0.3, -0.25) is 9.59 Å². The van der Waals surface area contributed by atoms with Gasteiger partial charge in [-0.05, 0) is 6.42 Å². The number of likely N-dealkylation sites (tertiary alicyclic amines) is 1. The lowest BCUT2D eigenvalue weighted by molar-refractivity contribution is -0.145. The Balaban J connectivity index is 1.88. The van der Waals surface area contributed by atoms with E-state index in [4.69, 9.17) is 14.6 Å². The molecule has 0 spiro atoms. The first-order valence-corrected chi connectivity index (χ1v) is 6.96. The zero-order valence-corrected chi connectivity index (χ0v) is 12.0. The van der Waals surface area contributed by atoms with Crippen molar-refractivity contribution in [1.29, 1.82) is 0 Å². The van der Waals surface area contributed by atoms with E-state index in [-0.39, 0.29) is 30.9 Å². The van der Waals surface area contributed by atoms with Crippen molar-refractivity contribution in [3.05, 3.63) is 0 Å². The Bertz CT molecular complexity index is 427. The zero-order valence-electron chi connectivity index (χ0n) is 12.0. The van der Waals surface area contributed by atoms with Gasteiger partial charge in [0, 0.05) is 26.2 Å². The molecule has 2 aliphatic heterocycles. The molecular weight excluding hydrogens is 280 g/mol. The summed E-state index contributed by atoms with van der Waals surface area (Å²) in [6.45, 7) is 1.91. The Hall–Kier alpha value is -1.83. The molecule has 0 aliphatic carbocycles. The molecule has 21 heavy (non-hydrogen) atoms. The van der Waals surface area contributed by atoms with Crippen molar-refractivity contribution >= 4 is 18.0 Å². The van der Waals surface area contributed by atoms with E-state index >= 15 is 0 Å². The van der Waals surface area contributed by atoms with Gasteiger partial charge in [0.2, 0.25) is 0 Å². The van der Waals surface area contributed by atoms with E-state index < -0.39 is 12.1 Å². The van der Waals surface area contributed by atoms with E-state index in [2.05, 4.69) is 0 Å². The molecule has 2 rings (SSSR count). The maximum atomic E-state index is 12.4. The minimum Gasteiger partial charge on any atom is -0.481 e. The summed E-state index contributed by atoms with van der Waals surface area (Å²) in [5.41, 5.74) is 0. The van der Waals surface area contributed by atoms with Crippen LogP contribution in [0.25, 0.3) is 0 Å². The highest BCUT2D eigenvalue weighted by molar-refractivity contribution is 5.78. The van der Waals surface area contributed by atoms with Gasteiger partial charge in [0.25, 0.3) is 0 Å². The Labute approximate surface area is 122 Å². The lowest BCUT2D eigenvalue weighted by atomic mass is 10.1. The molecule has 2 fully saturated rings. The number of amides is 2. The minimum absolute atomic E-state index is 0.117. The predicted octanol–water partition coefficient (Wildman–Crippen LogP) is -0.223. The summed E-state index contributed by atoms with van der Waals surface area (Å²) >= 11 is 0. The first-order chi connectivity index (χ1) is 10.0. The van der Waals surface area contributed by atoms with Gasteiger partial charge in [-0.25, -0.2) is 4.79 Å². The number of morpholine rings is 1. The number of urea groups is 1. The topological polar surface area (TPSA) is 96.4 Å². The van der Waals surface area contributed by atoms with E-state index in [1.165, 1.54) is 7.11 Å². The molecule has 0 bridgehead atoms. The first-order valence-electron chi connectivity index (χ1n) is 6.96. The number of esters is 1. The Morgan fingerprint density at radius 2 is 1.95 bits per heavy atom. The maximum Gasteiger partial charge on any atom is 0.320 e. The fourth-order valence-corrected chi connectivity index (χ4v) is 2.70. The van der Waals surface area contributed by atoms with Gasteiger partial charge in [0.1, 0.15) is 0 Å². The fourth-order valence-electron chi connectivity index (χ4n) is 2.70. The largest absolute Gasteiger partial charge is 0.481 e. The standard InChI is InChI=1S/C13H20N2O6/c1-20-12(18)9-2-3-14(7-9)13(19)15-4-5-21-10(8-15)6-11(16)17/h9-10H,2-8H2,1H3,(H,16,17). The highest BCUT2D eigenvalue weighted by Crippen LogP contribution is 2.20. The van der Waals surface area contributed by atoms with Crippen LogP contribution in [0.3, 0.4) is 0 Å². The van der Waals surface area contributed by atoms with Crippen LogP contribution in [0.1, 0.15) is 12.8 Å². The van der Waals surface area contributed by atoms with Crippen LogP contribution in [-0.2, 0) is 19.1 Å². The highest BCUT2D eigenvalue weighted by Gasteiger charge is 2.35. The number of hydrogen-bond acceptors (Lipinski definition) is 5. The Morgan fingerprint density at radius 3 is 2.62 bits per heavy atom. The molecule has 2 aliphatic rings. The number of ether oxygens (including phenoxy) is 2. The van der Waals surface area contributed by atoms with Crippen LogP contribution < -0.4 is 0 Å². The normalized spacial score (nSPS) is 25.8. The Kier molecular flexibility index (Phi) is 5.00. The van der Waals surface area contributed by atoms with Crippen LogP contribution in [0.2, 0.25) is 0 Å². The van der Waals surface area contributed by atoms with Gasteiger partial charge < -0.3 is 24.4 Å². The van der Waals surface area contributed by atoms with Crippen LogP contribution >= 0.6 is 0 Å². The second kappa shape index (κ2) is 6.75. The third-order valence-electron chi connectivity index (χ3n) is 3.80. The minimum atomic E-state index is -0.943. The molecule has 0 saturated carbocycles. The first kappa shape index (κ1) is 15.6. The average molecular weight is 300 g/mol. The molecule has 0 aromatic rings. The van der Waals surface area contributed by atoms with Gasteiger partial charge in [0.05, 0.1) is 32.2 Å². The van der Waals surface area contributed by atoms with Gasteiger partial charge in [-0.1, -0.05) is 0 Å². The van der Waals surface area contributed by atoms with E-state index in [0.717, 1.165) is 0 Å². The fraction of sp³-hybridized carbons (Fsp3) is 0.769. The zero-order chi connectivity index (χ0) is 15.4. The number of nitrogens with zero attached hydrogens (tertiary/aromatic N) is 2. The van der Waals surface area contributed by atoms with Crippen molar-refractivity contribution in [1.82, 2.24) is 9.80 Å². The molecule has 0 radical (unpaired) electrons. The van der Waals surface area contributed by atoms with Crippen LogP contribution in [0.4, 0.5) is 4.79 Å². The van der Waals surface area contributed by atoms with E-state index in [1.807, 2.05) is 0 Å². The second-order valence-electron chi connectivity index (χ2n) is 5.27. The molecule has 0 aromatic heterocycles. The van der Waals surface area contributed by atoms with Crippen molar-refractivity contribution in [2.45, 2.75) is 18.9 Å². The van der Waals surface area contributed by atoms with Crippen molar-refractivity contribution < 1.29 is 29.0 Å². The monoisotopic (exact) mass is 300 g/mol. The molecule has 1 N–H and O–H groups in total. The summed E-state index contributed by atoms with van der Waals surface area (Å²) in [6, 6.07) is -0.167. The molecular formula is C13H20N2O6. The number of carboxylic acid groups (broad SMARTS) is 1. The summed E-state index contributed by atoms with van der Waals surface area (Å²) in [7, 11) is 1.34. The van der Waals surface area contributed by atoms with Crippen molar-refractivity contribution in [2.75, 3.05) is 39.9 Å². The quantitative estimate of drug-likeness (QED) is 0.724. The van der Waals surface area contributed by atoms with Crippen LogP contribution in [0, 0.1) is 5.92 Å². The van der Waals surface area contributed by atoms with Crippen molar-refractivity contribution in [3.63, 3.8) is 0 Å². The number of carbonyl (C=O) groups is 3. The molecule has 2 amide bonds. The molecule has 8 nitrogen and oxygen atoms in total. The van der Waals surface area contributed by atoms with Gasteiger partial charge in [0.15, 0.2) is 0 Å². The van der Waals surface area contributed by atoms with Crippen molar-refractivity contribution in [2.24, 2.45) is 5.92 Å². The van der Waals surface area contributed by atoms with Gasteiger partial charge in [-0.15, -0.1) is 0 Å². The lowest BCUT2D eigenvalue weighted by Gasteiger charge is -2.34. The molecule has 2 atom stereocenters. The SMILES string of the molecule is COC(=O)C1CCN(C(=O)N2CCOC(CC(=O)O)C2)C1. The Morgan fingerprint density at radius 1 is 1.24 bits per heavy atom. The summed E-state index contributed by atoms with van der Waals surface area (Å²) in [6.07, 6.45) is 0.00906. The molecule has 118 valence electrons. The molecule has 2 saturated heterocycles. The summed E-state index contributed by atoms with van der Waals surface area (Å²) in [5, 5.41) is 8.78. The van der Waals surface area contributed by atoms with Crippen LogP contribution in [0.5, 0.6) is 0 Å². The van der Waals surface area contributed by atoms with Gasteiger partial charge >= 0.3 is 18.0 Å². The third-order valence-corrected chi connectivity index (χ3v) is 3.80. The average Bonchev–Trinajstić information content (AvgIpc) is 2.95. The van der Waals surface area contributed by atoms with Crippen LogP contribution in [-0.4, -0.2) is 78.9 Å². The van der Waals surface area contributed by atoms with E-state index in [1.54, 1.807) is 9.80 Å². The summed E-state index contributed by atoms with van der Waals surface area (Å²) in [5.74, 6) is -1.51. The number of carboxylic acids is 1. The van der Waals surface area contributed by atoms with Crippen molar-refractivity contribution in [3.8, 4) is 0 Å². The van der Waals surface area contributed by atoms with E-state index in [9.17, 15) is 14.4 Å². The maximum absolute atomic E-state index is 12.4. The molecule has 2 heterocycles. The number of carbonyl (C=O) groups excluding carboxylic acids is 2. The number of aliphatic carboxylic acids is 1. The second-order valence-corrected chi connectivity index (χ2v) is 5.27. The summed E-state index contributed by atoms with van der Waals surface area (Å²) in [4.78, 5) is 37.8. The molecule has 8 heteroatoms. The molecule has 0 aromatic carbocycles. The predicted molar refractivity (Wildman–Crippen MR) is 70.7 cm³/mol. The lowest BCUT2D eigenvalue weighted by Crippen LogP contribution is -2.51. The van der Waals surface area contributed by atoms with Gasteiger partial charge in [-0.2, -0.15) is 0 Å². The van der Waals surface area contributed by atoms with Crippen LogP contribution in [0.15, 0.2) is 0 Å². The number of hydrogen-bond donors (Lipinski definition) is 1. The highest BCUT2D eigenvalue weighted by atomic mass is 16.5. The number of rotatable bonds is 3. The number of methoxy groups -OCH3 is 1.